The summed E-state index contributed by atoms with van der Waals surface area (Å²) < 4.78 is 2.08. The molecular weight excluding hydrogens is 314 g/mol. The molecule has 0 spiro atoms. The monoisotopic (exact) mass is 337 g/mol. The predicted octanol–water partition coefficient (Wildman–Crippen LogP) is 2.59. The van der Waals surface area contributed by atoms with Gasteiger partial charge in [0.25, 0.3) is 0 Å². The third-order valence-corrected chi connectivity index (χ3v) is 4.92. The first kappa shape index (κ1) is 16.0. The summed E-state index contributed by atoms with van der Waals surface area (Å²) in [5.74, 6) is 1.86. The predicted molar refractivity (Wildman–Crippen MR) is 95.3 cm³/mol. The zero-order valence-corrected chi connectivity index (χ0v) is 14.5. The molecule has 6 nitrogen and oxygen atoms in total. The van der Waals surface area contributed by atoms with Crippen LogP contribution in [0.2, 0.25) is 0 Å². The lowest BCUT2D eigenvalue weighted by Gasteiger charge is -2.32. The Morgan fingerprint density at radius 1 is 1.20 bits per heavy atom. The van der Waals surface area contributed by atoms with Gasteiger partial charge < -0.3 is 5.11 Å². The van der Waals surface area contributed by atoms with E-state index in [1.807, 2.05) is 37.4 Å². The Kier molecular flexibility index (Phi) is 4.36. The quantitative estimate of drug-likeness (QED) is 0.793. The van der Waals surface area contributed by atoms with Crippen LogP contribution in [0.15, 0.2) is 36.5 Å². The third kappa shape index (κ3) is 3.49. The fraction of sp³-hybridized carbons (Fsp3) is 0.421. The zero-order valence-electron chi connectivity index (χ0n) is 14.5. The van der Waals surface area contributed by atoms with Crippen LogP contribution in [0.1, 0.15) is 30.1 Å². The van der Waals surface area contributed by atoms with E-state index in [4.69, 9.17) is 0 Å². The fourth-order valence-corrected chi connectivity index (χ4v) is 3.68. The highest BCUT2D eigenvalue weighted by Crippen LogP contribution is 2.24. The van der Waals surface area contributed by atoms with Crippen molar-refractivity contribution in [2.75, 3.05) is 13.1 Å². The number of pyridine rings is 2. The highest BCUT2D eigenvalue weighted by atomic mass is 16.3. The molecule has 0 amide bonds. The van der Waals surface area contributed by atoms with Crippen LogP contribution in [0.4, 0.5) is 0 Å². The van der Waals surface area contributed by atoms with Crippen LogP contribution >= 0.6 is 0 Å². The molecule has 0 bridgehead atoms. The molecule has 0 saturated carbocycles. The number of aromatic nitrogens is 4. The van der Waals surface area contributed by atoms with Crippen molar-refractivity contribution in [2.24, 2.45) is 5.92 Å². The molecule has 6 heteroatoms. The summed E-state index contributed by atoms with van der Waals surface area (Å²) in [6.45, 7) is 4.70. The van der Waals surface area contributed by atoms with Crippen LogP contribution in [0.25, 0.3) is 5.65 Å². The second kappa shape index (κ2) is 6.80. The lowest BCUT2D eigenvalue weighted by atomic mass is 9.94. The molecule has 1 atom stereocenters. The van der Waals surface area contributed by atoms with E-state index in [-0.39, 0.29) is 5.75 Å². The maximum atomic E-state index is 10.0. The van der Waals surface area contributed by atoms with Gasteiger partial charge in [0.05, 0.1) is 5.69 Å². The van der Waals surface area contributed by atoms with E-state index in [0.717, 1.165) is 48.8 Å². The molecule has 4 heterocycles. The van der Waals surface area contributed by atoms with Gasteiger partial charge in [-0.1, -0.05) is 6.07 Å². The molecule has 4 rings (SSSR count). The summed E-state index contributed by atoms with van der Waals surface area (Å²) in [5.41, 5.74) is 2.61. The minimum Gasteiger partial charge on any atom is -0.506 e. The largest absolute Gasteiger partial charge is 0.506 e. The number of aryl methyl sites for hydroxylation is 1. The van der Waals surface area contributed by atoms with Crippen LogP contribution in [0.5, 0.6) is 5.75 Å². The normalized spacial score (nSPS) is 18.7. The lowest BCUT2D eigenvalue weighted by molar-refractivity contribution is 0.162. The van der Waals surface area contributed by atoms with Crippen LogP contribution in [0.3, 0.4) is 0 Å². The maximum Gasteiger partial charge on any atom is 0.160 e. The van der Waals surface area contributed by atoms with Crippen LogP contribution < -0.4 is 0 Å². The van der Waals surface area contributed by atoms with Gasteiger partial charge in [0.15, 0.2) is 5.65 Å². The van der Waals surface area contributed by atoms with Crippen molar-refractivity contribution in [3.63, 3.8) is 0 Å². The van der Waals surface area contributed by atoms with Gasteiger partial charge in [-0.2, -0.15) is 0 Å². The van der Waals surface area contributed by atoms with Crippen molar-refractivity contribution in [3.05, 3.63) is 53.7 Å². The van der Waals surface area contributed by atoms with Crippen molar-refractivity contribution in [3.8, 4) is 5.75 Å². The SMILES string of the molecule is Cc1ccc(O)c(CN2CCCC(Cc3nnc4ccccn34)C2)n1. The lowest BCUT2D eigenvalue weighted by Crippen LogP contribution is -2.36. The van der Waals surface area contributed by atoms with Crippen LogP contribution in [-0.2, 0) is 13.0 Å². The second-order valence-corrected chi connectivity index (χ2v) is 6.91. The summed E-state index contributed by atoms with van der Waals surface area (Å²) in [4.78, 5) is 6.88. The second-order valence-electron chi connectivity index (χ2n) is 6.91. The van der Waals surface area contributed by atoms with E-state index in [0.29, 0.717) is 12.5 Å². The average molecular weight is 337 g/mol. The van der Waals surface area contributed by atoms with E-state index >= 15 is 0 Å². The molecule has 1 fully saturated rings. The van der Waals surface area contributed by atoms with Crippen LogP contribution in [-0.4, -0.2) is 42.7 Å². The van der Waals surface area contributed by atoms with Crippen molar-refractivity contribution >= 4 is 5.65 Å². The number of hydrogen-bond donors (Lipinski definition) is 1. The highest BCUT2D eigenvalue weighted by Gasteiger charge is 2.23. The van der Waals surface area contributed by atoms with E-state index in [1.54, 1.807) is 6.07 Å². The molecule has 1 N–H and O–H groups in total. The third-order valence-electron chi connectivity index (χ3n) is 4.92. The van der Waals surface area contributed by atoms with Crippen LogP contribution in [0, 0.1) is 12.8 Å². The standard InChI is InChI=1S/C19H23N5O/c1-14-7-8-17(25)16(20-14)13-23-9-4-5-15(12-23)11-19-22-21-18-6-2-3-10-24(18)19/h2-3,6-8,10,15,25H,4-5,9,11-13H2,1H3. The first-order chi connectivity index (χ1) is 12.2. The molecule has 25 heavy (non-hydrogen) atoms. The Morgan fingerprint density at radius 3 is 3.04 bits per heavy atom. The van der Waals surface area contributed by atoms with Gasteiger partial charge in [-0.05, 0) is 56.5 Å². The van der Waals surface area contributed by atoms with E-state index < -0.39 is 0 Å². The molecule has 1 unspecified atom stereocenters. The minimum atomic E-state index is 0.288. The number of fused-ring (bicyclic) bond motifs is 1. The highest BCUT2D eigenvalue weighted by molar-refractivity contribution is 5.37. The number of aromatic hydroxyl groups is 1. The van der Waals surface area contributed by atoms with Gasteiger partial charge >= 0.3 is 0 Å². The molecule has 3 aromatic heterocycles. The summed E-state index contributed by atoms with van der Waals surface area (Å²) in [7, 11) is 0. The number of hydrogen-bond acceptors (Lipinski definition) is 5. The maximum absolute atomic E-state index is 10.0. The summed E-state index contributed by atoms with van der Waals surface area (Å²) in [6.07, 6.45) is 5.31. The Labute approximate surface area is 147 Å². The fourth-order valence-electron chi connectivity index (χ4n) is 3.68. The molecule has 0 aromatic carbocycles. The minimum absolute atomic E-state index is 0.288. The molecule has 0 aliphatic carbocycles. The van der Waals surface area contributed by atoms with E-state index in [9.17, 15) is 5.11 Å². The number of rotatable bonds is 4. The van der Waals surface area contributed by atoms with Gasteiger partial charge in [-0.3, -0.25) is 14.3 Å². The molecule has 1 aliphatic rings. The molecule has 1 aliphatic heterocycles. The van der Waals surface area contributed by atoms with E-state index in [1.165, 1.54) is 6.42 Å². The molecule has 3 aromatic rings. The summed E-state index contributed by atoms with van der Waals surface area (Å²) in [5, 5.41) is 18.7. The van der Waals surface area contributed by atoms with Crippen molar-refractivity contribution in [1.29, 1.82) is 0 Å². The van der Waals surface area contributed by atoms with E-state index in [2.05, 4.69) is 24.5 Å². The van der Waals surface area contributed by atoms with Gasteiger partial charge in [-0.25, -0.2) is 0 Å². The topological polar surface area (TPSA) is 66.5 Å². The number of nitrogens with zero attached hydrogens (tertiary/aromatic N) is 5. The first-order valence-corrected chi connectivity index (χ1v) is 8.85. The first-order valence-electron chi connectivity index (χ1n) is 8.85. The Bertz CT molecular complexity index is 875. The van der Waals surface area contributed by atoms with Gasteiger partial charge in [0, 0.05) is 31.4 Å². The van der Waals surface area contributed by atoms with Crippen molar-refractivity contribution < 1.29 is 5.11 Å². The molecular formula is C19H23N5O. The van der Waals surface area contributed by atoms with Gasteiger partial charge in [0.2, 0.25) is 0 Å². The molecule has 1 saturated heterocycles. The number of likely N-dealkylation sites (tertiary alicyclic amines) is 1. The smallest absolute Gasteiger partial charge is 0.160 e. The zero-order chi connectivity index (χ0) is 17.2. The molecule has 130 valence electrons. The van der Waals surface area contributed by atoms with Crippen molar-refractivity contribution in [1.82, 2.24) is 24.5 Å². The Hall–Kier alpha value is -2.47. The summed E-state index contributed by atoms with van der Waals surface area (Å²) in [6, 6.07) is 9.56. The average Bonchev–Trinajstić information content (AvgIpc) is 3.02. The van der Waals surface area contributed by atoms with Gasteiger partial charge in [-0.15, -0.1) is 10.2 Å². The number of piperidine rings is 1. The molecule has 0 radical (unpaired) electrons. The van der Waals surface area contributed by atoms with Crippen molar-refractivity contribution in [2.45, 2.75) is 32.7 Å². The van der Waals surface area contributed by atoms with Gasteiger partial charge in [0.1, 0.15) is 11.6 Å². The summed E-state index contributed by atoms with van der Waals surface area (Å²) >= 11 is 0. The Morgan fingerprint density at radius 2 is 2.12 bits per heavy atom. The Balaban J connectivity index is 1.45.